The molecular formula is C24H40N2O4. The number of hydrogen-bond donors (Lipinski definition) is 2. The van der Waals surface area contributed by atoms with Gasteiger partial charge in [-0.25, -0.2) is 0 Å². The summed E-state index contributed by atoms with van der Waals surface area (Å²) in [6, 6.07) is 0.228. The molecule has 2 amide bonds. The lowest BCUT2D eigenvalue weighted by Crippen LogP contribution is -2.58. The summed E-state index contributed by atoms with van der Waals surface area (Å²) in [7, 11) is 0. The molecule has 2 heterocycles. The molecule has 170 valence electrons. The van der Waals surface area contributed by atoms with Crippen LogP contribution in [-0.4, -0.2) is 49.3 Å². The molecule has 4 atom stereocenters. The molecule has 2 aliphatic heterocycles. The van der Waals surface area contributed by atoms with Crippen LogP contribution in [0.2, 0.25) is 0 Å². The summed E-state index contributed by atoms with van der Waals surface area (Å²) >= 11 is 0. The maximum atomic E-state index is 13.3. The zero-order chi connectivity index (χ0) is 21.2. The molecule has 2 bridgehead atoms. The fraction of sp³-hybridized carbons (Fsp3) is 0.917. The number of carbonyl (C=O) groups is 2. The maximum Gasteiger partial charge on any atom is 0.226 e. The van der Waals surface area contributed by atoms with Crippen LogP contribution in [0, 0.1) is 10.8 Å². The number of hydrogen-bond acceptors (Lipinski definition) is 4. The van der Waals surface area contributed by atoms with E-state index in [1.165, 1.54) is 0 Å². The first kappa shape index (κ1) is 22.1. The van der Waals surface area contributed by atoms with Gasteiger partial charge >= 0.3 is 0 Å². The first-order chi connectivity index (χ1) is 14.5. The minimum absolute atomic E-state index is 0.114. The zero-order valence-corrected chi connectivity index (χ0v) is 18.8. The van der Waals surface area contributed by atoms with E-state index in [1.807, 2.05) is 0 Å². The van der Waals surface area contributed by atoms with Gasteiger partial charge in [0.25, 0.3) is 0 Å². The second kappa shape index (κ2) is 9.15. The highest BCUT2D eigenvalue weighted by Crippen LogP contribution is 2.57. The number of ether oxygens (including phenoxy) is 2. The molecule has 2 N–H and O–H groups in total. The van der Waals surface area contributed by atoms with E-state index in [4.69, 9.17) is 9.47 Å². The number of carbonyl (C=O) groups excluding carboxylic acids is 2. The lowest BCUT2D eigenvalue weighted by Gasteiger charge is -2.52. The van der Waals surface area contributed by atoms with Gasteiger partial charge < -0.3 is 20.1 Å². The highest BCUT2D eigenvalue weighted by Gasteiger charge is 2.56. The molecule has 0 aromatic carbocycles. The van der Waals surface area contributed by atoms with Gasteiger partial charge in [0.2, 0.25) is 11.8 Å². The monoisotopic (exact) mass is 420 g/mol. The van der Waals surface area contributed by atoms with Crippen molar-refractivity contribution in [2.75, 3.05) is 13.2 Å². The Morgan fingerprint density at radius 2 is 1.13 bits per heavy atom. The van der Waals surface area contributed by atoms with Gasteiger partial charge in [0, 0.05) is 24.0 Å². The molecule has 6 nitrogen and oxygen atoms in total. The van der Waals surface area contributed by atoms with Crippen molar-refractivity contribution in [3.63, 3.8) is 0 Å². The Bertz CT molecular complexity index is 546. The predicted octanol–water partition coefficient (Wildman–Crippen LogP) is 3.47. The van der Waals surface area contributed by atoms with Crippen molar-refractivity contribution in [3.05, 3.63) is 0 Å². The van der Waals surface area contributed by atoms with Gasteiger partial charge in [0.1, 0.15) is 0 Å². The van der Waals surface area contributed by atoms with Crippen LogP contribution in [0.5, 0.6) is 0 Å². The van der Waals surface area contributed by atoms with Gasteiger partial charge in [0.15, 0.2) is 0 Å². The summed E-state index contributed by atoms with van der Waals surface area (Å²) in [5, 5.41) is 6.67. The first-order valence-electron chi connectivity index (χ1n) is 12.4. The van der Waals surface area contributed by atoms with Crippen molar-refractivity contribution < 1.29 is 19.1 Å². The standard InChI is InChI=1S/C24H40N2O4/c1-3-17(19-7-5-15-29-19)25-21(27)23-9-12-24(13-10-23,14-11-23)22(28)26-18(4-2)20-8-6-16-30-20/h17-20H,3-16H2,1-2H3,(H,25,27)(H,26,28). The highest BCUT2D eigenvalue weighted by atomic mass is 16.5. The quantitative estimate of drug-likeness (QED) is 0.630. The van der Waals surface area contributed by atoms with Crippen LogP contribution < -0.4 is 10.6 Å². The largest absolute Gasteiger partial charge is 0.376 e. The molecule has 30 heavy (non-hydrogen) atoms. The lowest BCUT2D eigenvalue weighted by atomic mass is 9.53. The van der Waals surface area contributed by atoms with Crippen LogP contribution in [0.4, 0.5) is 0 Å². The van der Waals surface area contributed by atoms with E-state index in [2.05, 4.69) is 24.5 Å². The third-order valence-electron chi connectivity index (χ3n) is 8.55. The molecule has 0 radical (unpaired) electrons. The molecule has 0 spiro atoms. The third-order valence-corrected chi connectivity index (χ3v) is 8.55. The van der Waals surface area contributed by atoms with Crippen LogP contribution in [0.25, 0.3) is 0 Å². The molecule has 2 saturated heterocycles. The molecule has 0 aromatic rings. The van der Waals surface area contributed by atoms with Crippen molar-refractivity contribution in [2.45, 2.75) is 115 Å². The van der Waals surface area contributed by atoms with E-state index < -0.39 is 0 Å². The second-order valence-electron chi connectivity index (χ2n) is 10.1. The lowest BCUT2D eigenvalue weighted by molar-refractivity contribution is -0.152. The number of nitrogens with one attached hydrogen (secondary N) is 2. The summed E-state index contributed by atoms with van der Waals surface area (Å²) in [5.74, 6) is 0.397. The van der Waals surface area contributed by atoms with E-state index in [-0.39, 0.29) is 46.9 Å². The van der Waals surface area contributed by atoms with E-state index in [0.29, 0.717) is 0 Å². The predicted molar refractivity (Wildman–Crippen MR) is 115 cm³/mol. The Balaban J connectivity index is 1.34. The number of rotatable bonds is 8. The summed E-state index contributed by atoms with van der Waals surface area (Å²) in [6.07, 6.45) is 11.3. The molecule has 3 saturated carbocycles. The van der Waals surface area contributed by atoms with Gasteiger partial charge in [-0.15, -0.1) is 0 Å². The van der Waals surface area contributed by atoms with Crippen LogP contribution in [-0.2, 0) is 19.1 Å². The third kappa shape index (κ3) is 4.14. The Morgan fingerprint density at radius 1 is 0.767 bits per heavy atom. The summed E-state index contributed by atoms with van der Waals surface area (Å²) in [5.41, 5.74) is -0.570. The van der Waals surface area contributed by atoms with Crippen molar-refractivity contribution in [3.8, 4) is 0 Å². The van der Waals surface area contributed by atoms with E-state index in [0.717, 1.165) is 90.3 Å². The molecule has 6 heteroatoms. The van der Waals surface area contributed by atoms with E-state index >= 15 is 0 Å². The van der Waals surface area contributed by atoms with Gasteiger partial charge in [-0.3, -0.25) is 9.59 Å². The first-order valence-corrected chi connectivity index (χ1v) is 12.4. The second-order valence-corrected chi connectivity index (χ2v) is 10.1. The maximum absolute atomic E-state index is 13.3. The molecule has 5 fully saturated rings. The fourth-order valence-electron chi connectivity index (χ4n) is 6.27. The van der Waals surface area contributed by atoms with E-state index in [1.54, 1.807) is 0 Å². The Kier molecular flexibility index (Phi) is 6.73. The van der Waals surface area contributed by atoms with Crippen LogP contribution >= 0.6 is 0 Å². The molecule has 4 unspecified atom stereocenters. The smallest absolute Gasteiger partial charge is 0.226 e. The summed E-state index contributed by atoms with van der Waals surface area (Å²) in [6.45, 7) is 5.87. The molecule has 0 aromatic heterocycles. The van der Waals surface area contributed by atoms with Gasteiger partial charge in [-0.1, -0.05) is 13.8 Å². The van der Waals surface area contributed by atoms with Gasteiger partial charge in [-0.05, 0) is 77.0 Å². The Labute approximate surface area is 181 Å². The Hall–Kier alpha value is -1.14. The average Bonchev–Trinajstić information content (AvgIpc) is 3.51. The van der Waals surface area contributed by atoms with Crippen LogP contribution in [0.15, 0.2) is 0 Å². The molecule has 5 aliphatic rings. The summed E-state index contributed by atoms with van der Waals surface area (Å²) < 4.78 is 11.7. The van der Waals surface area contributed by atoms with E-state index in [9.17, 15) is 9.59 Å². The molecule has 3 aliphatic carbocycles. The summed E-state index contributed by atoms with van der Waals surface area (Å²) in [4.78, 5) is 26.6. The van der Waals surface area contributed by atoms with Gasteiger partial charge in [0.05, 0.1) is 24.3 Å². The van der Waals surface area contributed by atoms with Crippen molar-refractivity contribution in [1.82, 2.24) is 10.6 Å². The minimum atomic E-state index is -0.285. The van der Waals surface area contributed by atoms with Crippen LogP contribution in [0.1, 0.15) is 90.9 Å². The minimum Gasteiger partial charge on any atom is -0.376 e. The van der Waals surface area contributed by atoms with Gasteiger partial charge in [-0.2, -0.15) is 0 Å². The highest BCUT2D eigenvalue weighted by molar-refractivity contribution is 5.87. The molecular weight excluding hydrogens is 380 g/mol. The molecule has 5 rings (SSSR count). The van der Waals surface area contributed by atoms with Crippen LogP contribution in [0.3, 0.4) is 0 Å². The normalized spacial score (nSPS) is 37.7. The van der Waals surface area contributed by atoms with Crippen molar-refractivity contribution >= 4 is 11.8 Å². The Morgan fingerprint density at radius 3 is 1.40 bits per heavy atom. The fourth-order valence-corrected chi connectivity index (χ4v) is 6.27. The SMILES string of the molecule is CCC(NC(=O)C12CCC(C(=O)NC(CC)C3CCCO3)(CC1)CC2)C1CCCO1. The average molecular weight is 421 g/mol. The topological polar surface area (TPSA) is 76.7 Å². The van der Waals surface area contributed by atoms with Crippen molar-refractivity contribution in [1.29, 1.82) is 0 Å². The van der Waals surface area contributed by atoms with Crippen molar-refractivity contribution in [2.24, 2.45) is 10.8 Å². The number of fused-ring (bicyclic) bond motifs is 3. The zero-order valence-electron chi connectivity index (χ0n) is 18.8. The number of amides is 2.